The molecule has 9 heteroatoms. The van der Waals surface area contributed by atoms with Crippen LogP contribution in [-0.2, 0) is 11.3 Å². The molecule has 0 fully saturated rings. The molecule has 0 aliphatic rings. The van der Waals surface area contributed by atoms with Crippen molar-refractivity contribution in [2.75, 3.05) is 25.6 Å². The Morgan fingerprint density at radius 3 is 3.04 bits per heavy atom. The van der Waals surface area contributed by atoms with Gasteiger partial charge in [-0.05, 0) is 36.3 Å². The highest BCUT2D eigenvalue weighted by molar-refractivity contribution is 7.80. The first-order chi connectivity index (χ1) is 11.1. The Kier molecular flexibility index (Phi) is 6.69. The van der Waals surface area contributed by atoms with Crippen LogP contribution >= 0.6 is 23.8 Å². The van der Waals surface area contributed by atoms with E-state index in [4.69, 9.17) is 28.6 Å². The van der Waals surface area contributed by atoms with Gasteiger partial charge in [-0.1, -0.05) is 17.7 Å². The molecule has 1 aromatic carbocycles. The molecular formula is C14H17ClFN5OS. The molecule has 0 saturated carbocycles. The SMILES string of the molecule is COCCCNC(=S)Nc1ncn(Cc2ccc(F)cc2Cl)n1. The second-order valence-corrected chi connectivity index (χ2v) is 5.54. The summed E-state index contributed by atoms with van der Waals surface area (Å²) < 4.78 is 19.6. The van der Waals surface area contributed by atoms with Crippen LogP contribution in [0.1, 0.15) is 12.0 Å². The number of benzene rings is 1. The van der Waals surface area contributed by atoms with Gasteiger partial charge in [0.05, 0.1) is 6.54 Å². The van der Waals surface area contributed by atoms with E-state index in [1.165, 1.54) is 12.1 Å². The van der Waals surface area contributed by atoms with Crippen LogP contribution in [0.25, 0.3) is 0 Å². The highest BCUT2D eigenvalue weighted by Crippen LogP contribution is 2.18. The van der Waals surface area contributed by atoms with Crippen LogP contribution in [0.4, 0.5) is 10.3 Å². The van der Waals surface area contributed by atoms with Crippen LogP contribution in [0.3, 0.4) is 0 Å². The van der Waals surface area contributed by atoms with Crippen LogP contribution in [0.15, 0.2) is 24.5 Å². The number of methoxy groups -OCH3 is 1. The van der Waals surface area contributed by atoms with Crippen molar-refractivity contribution >= 4 is 34.9 Å². The Morgan fingerprint density at radius 1 is 1.48 bits per heavy atom. The third kappa shape index (κ3) is 5.74. The predicted molar refractivity (Wildman–Crippen MR) is 91.3 cm³/mol. The van der Waals surface area contributed by atoms with Gasteiger partial charge < -0.3 is 10.1 Å². The van der Waals surface area contributed by atoms with Crippen LogP contribution in [0.2, 0.25) is 5.02 Å². The van der Waals surface area contributed by atoms with Crippen LogP contribution < -0.4 is 10.6 Å². The predicted octanol–water partition coefficient (Wildman–Crippen LogP) is 2.44. The fourth-order valence-electron chi connectivity index (χ4n) is 1.82. The lowest BCUT2D eigenvalue weighted by Crippen LogP contribution is -2.30. The molecule has 0 unspecified atom stereocenters. The van der Waals surface area contributed by atoms with E-state index in [0.29, 0.717) is 35.8 Å². The zero-order valence-corrected chi connectivity index (χ0v) is 14.1. The number of hydrogen-bond acceptors (Lipinski definition) is 4. The maximum Gasteiger partial charge on any atom is 0.248 e. The van der Waals surface area contributed by atoms with E-state index in [9.17, 15) is 4.39 Å². The van der Waals surface area contributed by atoms with Crippen LogP contribution in [0, 0.1) is 5.82 Å². The van der Waals surface area contributed by atoms with Crippen molar-refractivity contribution < 1.29 is 9.13 Å². The Hall–Kier alpha value is -1.77. The third-order valence-electron chi connectivity index (χ3n) is 2.92. The van der Waals surface area contributed by atoms with E-state index >= 15 is 0 Å². The summed E-state index contributed by atoms with van der Waals surface area (Å²) in [5.74, 6) is 0.0112. The summed E-state index contributed by atoms with van der Waals surface area (Å²) >= 11 is 11.1. The molecule has 0 saturated heterocycles. The van der Waals surface area contributed by atoms with Crippen molar-refractivity contribution in [3.05, 3.63) is 40.9 Å². The average molecular weight is 358 g/mol. The van der Waals surface area contributed by atoms with Gasteiger partial charge in [0.2, 0.25) is 5.95 Å². The van der Waals surface area contributed by atoms with Crippen molar-refractivity contribution in [3.63, 3.8) is 0 Å². The third-order valence-corrected chi connectivity index (χ3v) is 3.52. The molecular weight excluding hydrogens is 341 g/mol. The fourth-order valence-corrected chi connectivity index (χ4v) is 2.24. The lowest BCUT2D eigenvalue weighted by atomic mass is 10.2. The monoisotopic (exact) mass is 357 g/mol. The van der Waals surface area contributed by atoms with E-state index in [1.54, 1.807) is 24.2 Å². The number of aromatic nitrogens is 3. The zero-order chi connectivity index (χ0) is 16.7. The summed E-state index contributed by atoms with van der Waals surface area (Å²) in [6.45, 7) is 1.76. The Morgan fingerprint density at radius 2 is 2.30 bits per heavy atom. The summed E-state index contributed by atoms with van der Waals surface area (Å²) in [7, 11) is 1.65. The number of rotatable bonds is 7. The van der Waals surface area contributed by atoms with E-state index in [2.05, 4.69) is 20.7 Å². The van der Waals surface area contributed by atoms with Crippen molar-refractivity contribution in [1.82, 2.24) is 20.1 Å². The zero-order valence-electron chi connectivity index (χ0n) is 12.6. The van der Waals surface area contributed by atoms with E-state index in [1.807, 2.05) is 0 Å². The van der Waals surface area contributed by atoms with Crippen LogP contribution in [0.5, 0.6) is 0 Å². The van der Waals surface area contributed by atoms with Gasteiger partial charge in [-0.25, -0.2) is 14.1 Å². The second kappa shape index (κ2) is 8.76. The first-order valence-electron chi connectivity index (χ1n) is 6.95. The van der Waals surface area contributed by atoms with E-state index in [0.717, 1.165) is 12.0 Å². The smallest absolute Gasteiger partial charge is 0.248 e. The molecule has 2 aromatic rings. The normalized spacial score (nSPS) is 10.6. The Balaban J connectivity index is 1.86. The molecule has 0 radical (unpaired) electrons. The topological polar surface area (TPSA) is 64.0 Å². The first-order valence-corrected chi connectivity index (χ1v) is 7.74. The van der Waals surface area contributed by atoms with Gasteiger partial charge in [0, 0.05) is 25.3 Å². The largest absolute Gasteiger partial charge is 0.385 e. The number of ether oxygens (including phenoxy) is 1. The Bertz CT molecular complexity index is 666. The highest BCUT2D eigenvalue weighted by Gasteiger charge is 2.06. The standard InChI is InChI=1S/C14H17ClFN5OS/c1-22-6-2-5-17-14(23)19-13-18-9-21(20-13)8-10-3-4-11(16)7-12(10)15/h3-4,7,9H,2,5-6,8H2,1H3,(H2,17,19,20,23). The van der Waals surface area contributed by atoms with Gasteiger partial charge in [0.25, 0.3) is 0 Å². The van der Waals surface area contributed by atoms with Crippen molar-refractivity contribution in [2.24, 2.45) is 0 Å². The van der Waals surface area contributed by atoms with Gasteiger partial charge in [0.15, 0.2) is 5.11 Å². The van der Waals surface area contributed by atoms with Gasteiger partial charge in [-0.15, -0.1) is 5.10 Å². The van der Waals surface area contributed by atoms with Crippen molar-refractivity contribution in [3.8, 4) is 0 Å². The number of thiocarbonyl (C=S) groups is 1. The van der Waals surface area contributed by atoms with Gasteiger partial charge in [-0.2, -0.15) is 0 Å². The Labute approximate surface area is 144 Å². The minimum atomic E-state index is -0.371. The molecule has 0 bridgehead atoms. The quantitative estimate of drug-likeness (QED) is 0.586. The number of hydrogen-bond donors (Lipinski definition) is 2. The first kappa shape index (κ1) is 17.6. The summed E-state index contributed by atoms with van der Waals surface area (Å²) in [5, 5.41) is 11.0. The molecule has 1 aromatic heterocycles. The molecule has 1 heterocycles. The number of nitrogens with one attached hydrogen (secondary N) is 2. The van der Waals surface area contributed by atoms with Crippen molar-refractivity contribution in [2.45, 2.75) is 13.0 Å². The number of halogens is 2. The molecule has 23 heavy (non-hydrogen) atoms. The van der Waals surface area contributed by atoms with Crippen molar-refractivity contribution in [1.29, 1.82) is 0 Å². The molecule has 0 atom stereocenters. The summed E-state index contributed by atoms with van der Waals surface area (Å²) in [6.07, 6.45) is 2.40. The molecule has 6 nitrogen and oxygen atoms in total. The minimum absolute atomic E-state index is 0.352. The summed E-state index contributed by atoms with van der Waals surface area (Å²) in [6, 6.07) is 4.25. The number of nitrogens with zero attached hydrogens (tertiary/aromatic N) is 3. The van der Waals surface area contributed by atoms with Gasteiger partial charge >= 0.3 is 0 Å². The van der Waals surface area contributed by atoms with Crippen LogP contribution in [-0.4, -0.2) is 40.1 Å². The average Bonchev–Trinajstić information content (AvgIpc) is 2.94. The molecule has 0 aliphatic heterocycles. The highest BCUT2D eigenvalue weighted by atomic mass is 35.5. The fraction of sp³-hybridized carbons (Fsp3) is 0.357. The summed E-state index contributed by atoms with van der Waals surface area (Å²) in [5.41, 5.74) is 0.754. The number of anilines is 1. The van der Waals surface area contributed by atoms with E-state index in [-0.39, 0.29) is 5.82 Å². The summed E-state index contributed by atoms with van der Waals surface area (Å²) in [4.78, 5) is 4.12. The molecule has 124 valence electrons. The molecule has 0 amide bonds. The lowest BCUT2D eigenvalue weighted by Gasteiger charge is -2.07. The molecule has 2 N–H and O–H groups in total. The second-order valence-electron chi connectivity index (χ2n) is 4.73. The lowest BCUT2D eigenvalue weighted by molar-refractivity contribution is 0.196. The molecule has 0 aliphatic carbocycles. The molecule has 0 spiro atoms. The maximum atomic E-state index is 13.0. The van der Waals surface area contributed by atoms with Gasteiger partial charge in [0.1, 0.15) is 12.1 Å². The van der Waals surface area contributed by atoms with Gasteiger partial charge in [-0.3, -0.25) is 5.32 Å². The van der Waals surface area contributed by atoms with E-state index < -0.39 is 0 Å². The molecule has 2 rings (SSSR count). The maximum absolute atomic E-state index is 13.0. The minimum Gasteiger partial charge on any atom is -0.385 e.